The standard InChI is InChI=1S/C23H29NO6/c1-14(6-9-18(25)23(2,3)26)10-12-29-17-8-7-15-19(21(17)28-5)24-22-16(11-13-30-22)20(15)27-4/h7-8,10-11,13,18,25-26H,6,9,12H2,1-5H3. The van der Waals surface area contributed by atoms with Gasteiger partial charge in [0.2, 0.25) is 5.71 Å². The van der Waals surface area contributed by atoms with Gasteiger partial charge < -0.3 is 28.8 Å². The zero-order valence-electron chi connectivity index (χ0n) is 18.1. The lowest BCUT2D eigenvalue weighted by Crippen LogP contribution is -2.35. The minimum Gasteiger partial charge on any atom is -0.495 e. The van der Waals surface area contributed by atoms with Crippen molar-refractivity contribution in [2.75, 3.05) is 20.8 Å². The summed E-state index contributed by atoms with van der Waals surface area (Å²) in [5.41, 5.74) is 1.03. The summed E-state index contributed by atoms with van der Waals surface area (Å²) in [5, 5.41) is 21.4. The second kappa shape index (κ2) is 8.93. The Balaban J connectivity index is 1.79. The average Bonchev–Trinajstić information content (AvgIpc) is 3.17. The van der Waals surface area contributed by atoms with Crippen molar-refractivity contribution in [1.82, 2.24) is 4.98 Å². The Kier molecular flexibility index (Phi) is 6.53. The molecular formula is C23H29NO6. The first-order valence-electron chi connectivity index (χ1n) is 9.87. The predicted octanol–water partition coefficient (Wildman–Crippen LogP) is 4.24. The molecule has 7 nitrogen and oxygen atoms in total. The summed E-state index contributed by atoms with van der Waals surface area (Å²) in [6.07, 6.45) is 3.89. The highest BCUT2D eigenvalue weighted by atomic mass is 16.5. The van der Waals surface area contributed by atoms with Crippen LogP contribution < -0.4 is 14.2 Å². The first-order chi connectivity index (χ1) is 14.3. The number of fused-ring (bicyclic) bond motifs is 2. The number of methoxy groups -OCH3 is 2. The zero-order chi connectivity index (χ0) is 21.9. The Labute approximate surface area is 175 Å². The van der Waals surface area contributed by atoms with E-state index in [0.717, 1.165) is 16.3 Å². The van der Waals surface area contributed by atoms with Gasteiger partial charge in [0.05, 0.1) is 37.6 Å². The second-order valence-corrected chi connectivity index (χ2v) is 7.85. The number of furan rings is 1. The Hall–Kier alpha value is -2.77. The van der Waals surface area contributed by atoms with Crippen LogP contribution in [-0.2, 0) is 0 Å². The van der Waals surface area contributed by atoms with Crippen LogP contribution >= 0.6 is 0 Å². The molecule has 0 bridgehead atoms. The van der Waals surface area contributed by atoms with Gasteiger partial charge in [0, 0.05) is 5.39 Å². The first-order valence-corrected chi connectivity index (χ1v) is 9.87. The number of aliphatic hydroxyl groups excluding tert-OH is 1. The number of hydrogen-bond acceptors (Lipinski definition) is 7. The van der Waals surface area contributed by atoms with E-state index in [4.69, 9.17) is 18.6 Å². The van der Waals surface area contributed by atoms with Gasteiger partial charge in [-0.3, -0.25) is 0 Å². The maximum atomic E-state index is 9.96. The van der Waals surface area contributed by atoms with Crippen LogP contribution in [0.25, 0.3) is 22.0 Å². The van der Waals surface area contributed by atoms with Crippen LogP contribution in [-0.4, -0.2) is 47.7 Å². The minimum absolute atomic E-state index is 0.340. The monoisotopic (exact) mass is 415 g/mol. The van der Waals surface area contributed by atoms with Gasteiger partial charge in [-0.1, -0.05) is 5.57 Å². The Morgan fingerprint density at radius 1 is 1.17 bits per heavy atom. The molecule has 1 unspecified atom stereocenters. The van der Waals surface area contributed by atoms with Crippen LogP contribution in [0, 0.1) is 0 Å². The molecule has 1 atom stereocenters. The molecule has 0 saturated heterocycles. The van der Waals surface area contributed by atoms with E-state index in [2.05, 4.69) is 4.98 Å². The third-order valence-corrected chi connectivity index (χ3v) is 5.15. The van der Waals surface area contributed by atoms with E-state index in [9.17, 15) is 10.2 Å². The quantitative estimate of drug-likeness (QED) is 0.505. The number of ether oxygens (including phenoxy) is 3. The lowest BCUT2D eigenvalue weighted by molar-refractivity contribution is -0.0509. The van der Waals surface area contributed by atoms with Gasteiger partial charge >= 0.3 is 0 Å². The van der Waals surface area contributed by atoms with Crippen molar-refractivity contribution >= 4 is 22.0 Å². The van der Waals surface area contributed by atoms with Gasteiger partial charge in [0.1, 0.15) is 17.9 Å². The molecule has 7 heteroatoms. The molecule has 162 valence electrons. The van der Waals surface area contributed by atoms with Gasteiger partial charge in [-0.25, -0.2) is 4.98 Å². The summed E-state index contributed by atoms with van der Waals surface area (Å²) >= 11 is 0. The number of allylic oxidation sites excluding steroid dienone is 1. The smallest absolute Gasteiger partial charge is 0.230 e. The molecule has 0 aliphatic rings. The number of aliphatic hydroxyl groups is 2. The maximum Gasteiger partial charge on any atom is 0.230 e. The Bertz CT molecular complexity index is 1050. The zero-order valence-corrected chi connectivity index (χ0v) is 18.1. The minimum atomic E-state index is -1.11. The molecule has 2 aromatic heterocycles. The van der Waals surface area contributed by atoms with Crippen molar-refractivity contribution in [3.63, 3.8) is 0 Å². The summed E-state index contributed by atoms with van der Waals surface area (Å²) in [6.45, 7) is 5.52. The fourth-order valence-corrected chi connectivity index (χ4v) is 3.28. The van der Waals surface area contributed by atoms with Crippen molar-refractivity contribution in [1.29, 1.82) is 0 Å². The van der Waals surface area contributed by atoms with E-state index in [0.29, 0.717) is 47.9 Å². The van der Waals surface area contributed by atoms with Crippen molar-refractivity contribution < 1.29 is 28.8 Å². The lowest BCUT2D eigenvalue weighted by atomic mass is 9.96. The van der Waals surface area contributed by atoms with Gasteiger partial charge in [0.15, 0.2) is 11.5 Å². The normalized spacial score (nSPS) is 13.6. The van der Waals surface area contributed by atoms with Crippen LogP contribution in [0.1, 0.15) is 33.6 Å². The molecular weight excluding hydrogens is 386 g/mol. The number of aromatic nitrogens is 1. The number of hydrogen-bond donors (Lipinski definition) is 2. The van der Waals surface area contributed by atoms with E-state index < -0.39 is 11.7 Å². The topological polar surface area (TPSA) is 94.2 Å². The fourth-order valence-electron chi connectivity index (χ4n) is 3.28. The summed E-state index contributed by atoms with van der Waals surface area (Å²) in [6, 6.07) is 5.54. The molecule has 0 spiro atoms. The molecule has 3 aromatic rings. The number of pyridine rings is 1. The fraction of sp³-hybridized carbons (Fsp3) is 0.435. The number of rotatable bonds is 9. The van der Waals surface area contributed by atoms with E-state index in [1.807, 2.05) is 31.2 Å². The predicted molar refractivity (Wildman–Crippen MR) is 115 cm³/mol. The third kappa shape index (κ3) is 4.52. The van der Waals surface area contributed by atoms with Crippen molar-refractivity contribution in [2.45, 2.75) is 45.3 Å². The molecule has 0 saturated carbocycles. The van der Waals surface area contributed by atoms with E-state index in [-0.39, 0.29) is 0 Å². The van der Waals surface area contributed by atoms with E-state index >= 15 is 0 Å². The van der Waals surface area contributed by atoms with Gasteiger partial charge in [-0.2, -0.15) is 0 Å². The highest BCUT2D eigenvalue weighted by Crippen LogP contribution is 2.41. The molecule has 30 heavy (non-hydrogen) atoms. The molecule has 0 radical (unpaired) electrons. The molecule has 0 amide bonds. The molecule has 0 aliphatic heterocycles. The molecule has 1 aromatic carbocycles. The van der Waals surface area contributed by atoms with Crippen molar-refractivity contribution in [3.8, 4) is 17.2 Å². The highest BCUT2D eigenvalue weighted by Gasteiger charge is 2.23. The summed E-state index contributed by atoms with van der Waals surface area (Å²) in [7, 11) is 3.18. The van der Waals surface area contributed by atoms with Gasteiger partial charge in [0.25, 0.3) is 0 Å². The maximum absolute atomic E-state index is 9.96. The molecule has 0 aliphatic carbocycles. The molecule has 2 heterocycles. The van der Waals surface area contributed by atoms with Crippen molar-refractivity contribution in [3.05, 3.63) is 36.1 Å². The summed E-state index contributed by atoms with van der Waals surface area (Å²) in [5.74, 6) is 1.74. The summed E-state index contributed by atoms with van der Waals surface area (Å²) < 4.78 is 22.5. The summed E-state index contributed by atoms with van der Waals surface area (Å²) in [4.78, 5) is 4.57. The van der Waals surface area contributed by atoms with Crippen LogP contribution in [0.4, 0.5) is 0 Å². The first kappa shape index (κ1) is 21.9. The van der Waals surface area contributed by atoms with Crippen LogP contribution in [0.5, 0.6) is 17.2 Å². The SMILES string of the molecule is COc1c2ccoc2nc2c(OC)c(OCC=C(C)CCC(O)C(C)(C)O)ccc12. The van der Waals surface area contributed by atoms with Gasteiger partial charge in [-0.05, 0) is 57.9 Å². The van der Waals surface area contributed by atoms with Crippen LogP contribution in [0.2, 0.25) is 0 Å². The van der Waals surface area contributed by atoms with Gasteiger partial charge in [-0.15, -0.1) is 0 Å². The second-order valence-electron chi connectivity index (χ2n) is 7.85. The van der Waals surface area contributed by atoms with E-state index in [1.54, 1.807) is 34.3 Å². The lowest BCUT2D eigenvalue weighted by Gasteiger charge is -2.24. The van der Waals surface area contributed by atoms with Crippen LogP contribution in [0.15, 0.2) is 40.5 Å². The largest absolute Gasteiger partial charge is 0.495 e. The highest BCUT2D eigenvalue weighted by molar-refractivity contribution is 6.02. The molecule has 2 N–H and O–H groups in total. The average molecular weight is 415 g/mol. The molecule has 3 rings (SSSR count). The Morgan fingerprint density at radius 2 is 1.90 bits per heavy atom. The third-order valence-electron chi connectivity index (χ3n) is 5.15. The van der Waals surface area contributed by atoms with Crippen molar-refractivity contribution in [2.24, 2.45) is 0 Å². The number of nitrogens with zero attached hydrogens (tertiary/aromatic N) is 1. The molecule has 0 fully saturated rings. The Morgan fingerprint density at radius 3 is 2.57 bits per heavy atom. The van der Waals surface area contributed by atoms with Crippen LogP contribution in [0.3, 0.4) is 0 Å². The number of benzene rings is 1. The van der Waals surface area contributed by atoms with E-state index in [1.165, 1.54) is 0 Å².